The zero-order chi connectivity index (χ0) is 24.9. The van der Waals surface area contributed by atoms with E-state index in [4.69, 9.17) is 21.9 Å². The molecule has 1 aromatic heterocycles. The fourth-order valence-electron chi connectivity index (χ4n) is 3.76. The van der Waals surface area contributed by atoms with Crippen molar-refractivity contribution in [3.8, 4) is 16.3 Å². The Morgan fingerprint density at radius 3 is 2.44 bits per heavy atom. The number of carbonyl (C=O) groups is 1. The normalized spacial score (nSPS) is 10.7. The lowest BCUT2D eigenvalue weighted by Crippen LogP contribution is -2.34. The molecule has 5 aromatic rings. The van der Waals surface area contributed by atoms with Crippen molar-refractivity contribution in [2.45, 2.75) is 13.5 Å². The van der Waals surface area contributed by atoms with Crippen LogP contribution in [0, 0.1) is 6.92 Å². The number of amides is 1. The minimum atomic E-state index is -0.290. The predicted molar refractivity (Wildman–Crippen MR) is 151 cm³/mol. The van der Waals surface area contributed by atoms with Crippen LogP contribution in [-0.4, -0.2) is 16.0 Å². The Balaban J connectivity index is 1.22. The van der Waals surface area contributed by atoms with E-state index < -0.39 is 0 Å². The molecule has 0 unspecified atom stereocenters. The second-order valence-electron chi connectivity index (χ2n) is 8.17. The summed E-state index contributed by atoms with van der Waals surface area (Å²) in [6.45, 7) is 2.48. The molecule has 5 rings (SSSR count). The second kappa shape index (κ2) is 10.7. The van der Waals surface area contributed by atoms with Crippen molar-refractivity contribution in [1.29, 1.82) is 0 Å². The van der Waals surface area contributed by atoms with Crippen LogP contribution in [0.4, 0.5) is 5.69 Å². The quantitative estimate of drug-likeness (QED) is 0.242. The van der Waals surface area contributed by atoms with E-state index in [2.05, 4.69) is 16.7 Å². The number of nitrogens with zero attached hydrogens (tertiary/aromatic N) is 1. The van der Waals surface area contributed by atoms with Crippen molar-refractivity contribution >= 4 is 50.5 Å². The second-order valence-corrected chi connectivity index (χ2v) is 9.61. The van der Waals surface area contributed by atoms with Crippen LogP contribution >= 0.6 is 23.6 Å². The molecule has 178 valence electrons. The van der Waals surface area contributed by atoms with Crippen LogP contribution in [0.15, 0.2) is 97.1 Å². The molecule has 0 saturated carbocycles. The van der Waals surface area contributed by atoms with Gasteiger partial charge in [-0.05, 0) is 72.7 Å². The van der Waals surface area contributed by atoms with Gasteiger partial charge in [0.05, 0.1) is 10.2 Å². The Kier molecular flexibility index (Phi) is 7.02. The lowest BCUT2D eigenvalue weighted by molar-refractivity contribution is 0.0977. The van der Waals surface area contributed by atoms with Gasteiger partial charge in [0, 0.05) is 16.8 Å². The zero-order valence-electron chi connectivity index (χ0n) is 19.5. The average Bonchev–Trinajstić information content (AvgIpc) is 3.33. The molecule has 0 bridgehead atoms. The molecule has 0 spiro atoms. The minimum absolute atomic E-state index is 0.231. The molecule has 7 heteroatoms. The largest absolute Gasteiger partial charge is 0.489 e. The maximum Gasteiger partial charge on any atom is 0.257 e. The number of carbonyl (C=O) groups excluding carboxylic acids is 1. The highest BCUT2D eigenvalue weighted by molar-refractivity contribution is 7.80. The first-order valence-electron chi connectivity index (χ1n) is 11.4. The number of thiazole rings is 1. The summed E-state index contributed by atoms with van der Waals surface area (Å²) < 4.78 is 6.94. The first-order chi connectivity index (χ1) is 17.6. The summed E-state index contributed by atoms with van der Waals surface area (Å²) in [6.07, 6.45) is 0. The highest BCUT2D eigenvalue weighted by Crippen LogP contribution is 2.34. The topological polar surface area (TPSA) is 63.2 Å². The van der Waals surface area contributed by atoms with Crippen LogP contribution in [-0.2, 0) is 6.61 Å². The van der Waals surface area contributed by atoms with E-state index in [0.717, 1.165) is 37.6 Å². The van der Waals surface area contributed by atoms with Crippen molar-refractivity contribution in [2.75, 3.05) is 5.32 Å². The van der Waals surface area contributed by atoms with Gasteiger partial charge < -0.3 is 10.1 Å². The van der Waals surface area contributed by atoms with Gasteiger partial charge in [-0.15, -0.1) is 11.3 Å². The molecule has 0 aliphatic heterocycles. The summed E-state index contributed by atoms with van der Waals surface area (Å²) in [5, 5.41) is 7.09. The van der Waals surface area contributed by atoms with Gasteiger partial charge in [0.2, 0.25) is 0 Å². The number of anilines is 1. The van der Waals surface area contributed by atoms with Gasteiger partial charge in [0.25, 0.3) is 5.91 Å². The van der Waals surface area contributed by atoms with Gasteiger partial charge in [-0.1, -0.05) is 54.6 Å². The summed E-state index contributed by atoms with van der Waals surface area (Å²) in [5.74, 6) is 0.403. The van der Waals surface area contributed by atoms with Crippen LogP contribution in [0.2, 0.25) is 0 Å². The number of rotatable bonds is 6. The number of benzene rings is 4. The van der Waals surface area contributed by atoms with Crippen LogP contribution < -0.4 is 15.4 Å². The molecule has 0 saturated heterocycles. The Morgan fingerprint density at radius 2 is 1.67 bits per heavy atom. The summed E-state index contributed by atoms with van der Waals surface area (Å²) in [6, 6.07) is 30.9. The lowest BCUT2D eigenvalue weighted by atomic mass is 10.1. The molecule has 36 heavy (non-hydrogen) atoms. The number of para-hydroxylation sites is 1. The van der Waals surface area contributed by atoms with Crippen LogP contribution in [0.1, 0.15) is 21.5 Å². The number of thiocarbonyl (C=S) groups is 1. The van der Waals surface area contributed by atoms with Gasteiger partial charge in [0.15, 0.2) is 5.11 Å². The standard InChI is InChI=1S/C29H23N3O2S2/c1-19-23(28-30-25-11-5-6-13-26(25)36-28)10-7-12-24(19)31-29(35)32-27(33)21-14-16-22(17-15-21)34-18-20-8-3-2-4-9-20/h2-17H,18H2,1H3,(H2,31,32,33,35). The summed E-state index contributed by atoms with van der Waals surface area (Å²) in [7, 11) is 0. The van der Waals surface area contributed by atoms with E-state index in [1.807, 2.05) is 73.7 Å². The number of hydrogen-bond donors (Lipinski definition) is 2. The van der Waals surface area contributed by atoms with Crippen molar-refractivity contribution in [2.24, 2.45) is 0 Å². The zero-order valence-corrected chi connectivity index (χ0v) is 21.2. The molecule has 0 atom stereocenters. The molecule has 2 N–H and O–H groups in total. The van der Waals surface area contributed by atoms with E-state index in [1.165, 1.54) is 0 Å². The first-order valence-corrected chi connectivity index (χ1v) is 12.6. The van der Waals surface area contributed by atoms with E-state index in [0.29, 0.717) is 17.9 Å². The van der Waals surface area contributed by atoms with Gasteiger partial charge in [0.1, 0.15) is 17.4 Å². The Labute approximate surface area is 218 Å². The predicted octanol–water partition coefficient (Wildman–Crippen LogP) is 6.98. The number of nitrogens with one attached hydrogen (secondary N) is 2. The third-order valence-electron chi connectivity index (χ3n) is 5.70. The molecule has 0 aliphatic rings. The van der Waals surface area contributed by atoms with Crippen LogP contribution in [0.3, 0.4) is 0 Å². The molecule has 0 radical (unpaired) electrons. The SMILES string of the molecule is Cc1c(NC(=S)NC(=O)c2ccc(OCc3ccccc3)cc2)cccc1-c1nc2ccccc2s1. The van der Waals surface area contributed by atoms with Crippen molar-refractivity contribution in [1.82, 2.24) is 10.3 Å². The Bertz CT molecular complexity index is 1500. The molecule has 0 aliphatic carbocycles. The smallest absolute Gasteiger partial charge is 0.257 e. The summed E-state index contributed by atoms with van der Waals surface area (Å²) >= 11 is 7.08. The van der Waals surface area contributed by atoms with Gasteiger partial charge in [-0.2, -0.15) is 0 Å². The molecule has 5 nitrogen and oxygen atoms in total. The highest BCUT2D eigenvalue weighted by atomic mass is 32.1. The maximum atomic E-state index is 12.7. The summed E-state index contributed by atoms with van der Waals surface area (Å²) in [4.78, 5) is 17.5. The first kappa shape index (κ1) is 23.7. The molecule has 1 heterocycles. The average molecular weight is 510 g/mol. The third-order valence-corrected chi connectivity index (χ3v) is 6.97. The number of aromatic nitrogens is 1. The number of ether oxygens (including phenoxy) is 1. The van der Waals surface area contributed by atoms with Gasteiger partial charge >= 0.3 is 0 Å². The molecule has 0 fully saturated rings. The van der Waals surface area contributed by atoms with Crippen molar-refractivity contribution in [3.63, 3.8) is 0 Å². The number of fused-ring (bicyclic) bond motifs is 1. The Hall–Kier alpha value is -4.07. The number of hydrogen-bond acceptors (Lipinski definition) is 5. The fraction of sp³-hybridized carbons (Fsp3) is 0.0690. The van der Waals surface area contributed by atoms with Crippen LogP contribution in [0.25, 0.3) is 20.8 Å². The van der Waals surface area contributed by atoms with Crippen LogP contribution in [0.5, 0.6) is 5.75 Å². The molecule has 4 aromatic carbocycles. The molecular formula is C29H23N3O2S2. The highest BCUT2D eigenvalue weighted by Gasteiger charge is 2.13. The monoisotopic (exact) mass is 509 g/mol. The van der Waals surface area contributed by atoms with Crippen molar-refractivity contribution < 1.29 is 9.53 Å². The Morgan fingerprint density at radius 1 is 0.917 bits per heavy atom. The van der Waals surface area contributed by atoms with E-state index in [-0.39, 0.29) is 11.0 Å². The molecular weight excluding hydrogens is 486 g/mol. The van der Waals surface area contributed by atoms with E-state index >= 15 is 0 Å². The summed E-state index contributed by atoms with van der Waals surface area (Å²) in [5.41, 5.74) is 5.41. The van der Waals surface area contributed by atoms with Gasteiger partial charge in [-0.3, -0.25) is 10.1 Å². The fourth-order valence-corrected chi connectivity index (χ4v) is 5.01. The lowest BCUT2D eigenvalue weighted by Gasteiger charge is -2.14. The molecule has 1 amide bonds. The third kappa shape index (κ3) is 5.43. The maximum absolute atomic E-state index is 12.7. The van der Waals surface area contributed by atoms with Gasteiger partial charge in [-0.25, -0.2) is 4.98 Å². The minimum Gasteiger partial charge on any atom is -0.489 e. The van der Waals surface area contributed by atoms with E-state index in [9.17, 15) is 4.79 Å². The van der Waals surface area contributed by atoms with E-state index in [1.54, 1.807) is 35.6 Å². The van der Waals surface area contributed by atoms with Crippen molar-refractivity contribution in [3.05, 3.63) is 114 Å².